The fraction of sp³-hybridized carbons (Fsp3) is 0.833. The molecule has 0 saturated carbocycles. The minimum absolute atomic E-state index is 0.00279. The van der Waals surface area contributed by atoms with E-state index in [0.29, 0.717) is 25.1 Å². The molecule has 0 bridgehead atoms. The fourth-order valence-electron chi connectivity index (χ4n) is 2.87. The van der Waals surface area contributed by atoms with Crippen molar-refractivity contribution in [1.82, 2.24) is 16.0 Å². The van der Waals surface area contributed by atoms with Crippen molar-refractivity contribution >= 4 is 114 Å². The van der Waals surface area contributed by atoms with Crippen LogP contribution in [0.1, 0.15) is 0 Å². The lowest BCUT2D eigenvalue weighted by atomic mass is 10.3. The summed E-state index contributed by atoms with van der Waals surface area (Å²) in [4.78, 5) is 0. The molecule has 3 fully saturated rings. The van der Waals surface area contributed by atoms with Gasteiger partial charge in [-0.1, -0.05) is 69.0 Å². The zero-order valence-corrected chi connectivity index (χ0v) is 25.3. The number of morpholine rings is 3. The molecule has 0 amide bonds. The Balaban J connectivity index is 1.41. The molecule has 33 heavy (non-hydrogen) atoms. The second-order valence-electron chi connectivity index (χ2n) is 7.19. The highest BCUT2D eigenvalue weighted by Crippen LogP contribution is 2.39. The van der Waals surface area contributed by atoms with Gasteiger partial charge in [-0.05, 0) is 32.4 Å². The van der Waals surface area contributed by atoms with E-state index in [1.54, 1.807) is 54.0 Å². The molecular weight excluding hydrogens is 595 g/mol. The summed E-state index contributed by atoms with van der Waals surface area (Å²) in [5.74, 6) is 1.91. The molecule has 6 nitrogen and oxygen atoms in total. The van der Waals surface area contributed by atoms with Crippen molar-refractivity contribution in [3.8, 4) is 0 Å². The van der Waals surface area contributed by atoms with Crippen LogP contribution < -0.4 is 16.0 Å². The van der Waals surface area contributed by atoms with Crippen molar-refractivity contribution in [3.63, 3.8) is 0 Å². The summed E-state index contributed by atoms with van der Waals surface area (Å²) >= 11 is 16.8. The Morgan fingerprint density at radius 3 is 1.42 bits per heavy atom. The lowest BCUT2D eigenvalue weighted by molar-refractivity contribution is 0.0743. The first kappa shape index (κ1) is 29.7. The lowest BCUT2D eigenvalue weighted by Gasteiger charge is -2.25. The molecule has 0 aromatic rings. The molecule has 15 heteroatoms. The van der Waals surface area contributed by atoms with Crippen molar-refractivity contribution in [1.29, 1.82) is 0 Å². The van der Waals surface area contributed by atoms with Gasteiger partial charge in [-0.15, -0.1) is 0 Å². The molecule has 0 aliphatic carbocycles. The summed E-state index contributed by atoms with van der Waals surface area (Å²) in [7, 11) is 10.4. The molecule has 0 aromatic heterocycles. The van der Waals surface area contributed by atoms with Crippen molar-refractivity contribution in [3.05, 3.63) is 0 Å². The zero-order valence-electron chi connectivity index (χ0n) is 18.0. The average molecular weight is 624 g/mol. The maximum Gasteiger partial charge on any atom is 0.112 e. The van der Waals surface area contributed by atoms with Gasteiger partial charge in [0.15, 0.2) is 0 Å². The molecule has 0 radical (unpaired) electrons. The molecule has 3 rings (SSSR count). The SMILES string of the molecule is S=C(SSCC(CSSC(=S)C1CNCCO1)SSC(=S)C1CNCCO1)C1CNCCO1. The van der Waals surface area contributed by atoms with Crippen LogP contribution in [0.3, 0.4) is 0 Å². The Morgan fingerprint density at radius 1 is 0.667 bits per heavy atom. The van der Waals surface area contributed by atoms with Crippen LogP contribution in [0, 0.1) is 0 Å². The third-order valence-corrected chi connectivity index (χ3v) is 15.1. The molecule has 3 heterocycles. The number of thiocarbonyl (C=S) groups is 3. The molecule has 3 unspecified atom stereocenters. The van der Waals surface area contributed by atoms with E-state index in [4.69, 9.17) is 50.9 Å². The summed E-state index contributed by atoms with van der Waals surface area (Å²) in [5, 5.41) is 10.4. The molecule has 3 saturated heterocycles. The quantitative estimate of drug-likeness (QED) is 0.232. The van der Waals surface area contributed by atoms with E-state index in [0.717, 1.165) is 63.4 Å². The van der Waals surface area contributed by atoms with E-state index in [2.05, 4.69) is 16.0 Å². The lowest BCUT2D eigenvalue weighted by Crippen LogP contribution is -2.41. The Morgan fingerprint density at radius 2 is 1.06 bits per heavy atom. The van der Waals surface area contributed by atoms with Gasteiger partial charge in [0.1, 0.15) is 18.3 Å². The predicted molar refractivity (Wildman–Crippen MR) is 165 cm³/mol. The van der Waals surface area contributed by atoms with Gasteiger partial charge in [-0.2, -0.15) is 0 Å². The first-order valence-electron chi connectivity index (χ1n) is 10.6. The minimum Gasteiger partial charge on any atom is -0.369 e. The maximum atomic E-state index is 5.80. The van der Waals surface area contributed by atoms with Crippen LogP contribution in [0.4, 0.5) is 0 Å². The molecule has 3 atom stereocenters. The van der Waals surface area contributed by atoms with Crippen molar-refractivity contribution < 1.29 is 14.2 Å². The molecule has 0 aromatic carbocycles. The third-order valence-electron chi connectivity index (χ3n) is 4.63. The van der Waals surface area contributed by atoms with Crippen LogP contribution in [0.15, 0.2) is 0 Å². The third kappa shape index (κ3) is 11.6. The van der Waals surface area contributed by atoms with Gasteiger partial charge in [-0.3, -0.25) is 0 Å². The van der Waals surface area contributed by atoms with Crippen LogP contribution in [0.2, 0.25) is 0 Å². The van der Waals surface area contributed by atoms with E-state index >= 15 is 0 Å². The average Bonchev–Trinajstić information content (AvgIpc) is 2.88. The molecule has 3 N–H and O–H groups in total. The van der Waals surface area contributed by atoms with E-state index < -0.39 is 0 Å². The van der Waals surface area contributed by atoms with E-state index in [-0.39, 0.29) is 18.3 Å². The summed E-state index contributed by atoms with van der Waals surface area (Å²) in [5.41, 5.74) is 0. The molecular formula is C18H29N3O3S9. The van der Waals surface area contributed by atoms with Gasteiger partial charge in [0.25, 0.3) is 0 Å². The number of ether oxygens (including phenoxy) is 3. The van der Waals surface area contributed by atoms with Gasteiger partial charge >= 0.3 is 0 Å². The van der Waals surface area contributed by atoms with Crippen molar-refractivity contribution in [2.75, 3.05) is 70.6 Å². The fourth-order valence-corrected chi connectivity index (χ4v) is 12.7. The zero-order chi connectivity index (χ0) is 23.3. The number of rotatable bonds is 11. The predicted octanol–water partition coefficient (Wildman–Crippen LogP) is 3.45. The van der Waals surface area contributed by atoms with Crippen LogP contribution in [0.25, 0.3) is 0 Å². The highest BCUT2D eigenvalue weighted by molar-refractivity contribution is 8.86. The van der Waals surface area contributed by atoms with E-state index in [1.165, 1.54) is 0 Å². The smallest absolute Gasteiger partial charge is 0.112 e. The van der Waals surface area contributed by atoms with E-state index in [1.807, 2.05) is 10.8 Å². The van der Waals surface area contributed by atoms with Crippen molar-refractivity contribution in [2.45, 2.75) is 23.6 Å². The van der Waals surface area contributed by atoms with Crippen LogP contribution in [-0.2, 0) is 14.2 Å². The first-order chi connectivity index (χ1) is 16.1. The Labute approximate surface area is 236 Å². The number of nitrogens with one attached hydrogen (secondary N) is 3. The minimum atomic E-state index is 0.00279. The summed E-state index contributed by atoms with van der Waals surface area (Å²) in [6, 6.07) is 0. The van der Waals surface area contributed by atoms with Crippen LogP contribution in [-0.4, -0.2) is 107 Å². The highest BCUT2D eigenvalue weighted by Gasteiger charge is 2.24. The Kier molecular flexibility index (Phi) is 15.8. The van der Waals surface area contributed by atoms with Gasteiger partial charge < -0.3 is 30.2 Å². The van der Waals surface area contributed by atoms with Gasteiger partial charge in [0.2, 0.25) is 0 Å². The first-order valence-corrected chi connectivity index (χ1v) is 18.7. The standard InChI is InChI=1S/C18H29N3O3S9/c25-16(13-7-19-1-4-22-13)31-28-10-12(30-33-18(27)15-9-21-3-6-24-15)11-29-32-17(26)14-8-20-2-5-23-14/h12-15,19-21H,1-11H2. The Bertz CT molecular complexity index is 595. The molecule has 3 aliphatic heterocycles. The number of hydrogen-bond donors (Lipinski definition) is 3. The molecule has 188 valence electrons. The summed E-state index contributed by atoms with van der Waals surface area (Å²) < 4.78 is 20.1. The topological polar surface area (TPSA) is 63.8 Å². The molecule has 0 spiro atoms. The van der Waals surface area contributed by atoms with Gasteiger partial charge in [-0.25, -0.2) is 0 Å². The van der Waals surface area contributed by atoms with Gasteiger partial charge in [0.05, 0.1) is 32.4 Å². The van der Waals surface area contributed by atoms with Crippen LogP contribution in [0.5, 0.6) is 0 Å². The largest absolute Gasteiger partial charge is 0.369 e. The second kappa shape index (κ2) is 17.6. The summed E-state index contributed by atoms with van der Waals surface area (Å²) in [6.45, 7) is 7.21. The van der Waals surface area contributed by atoms with E-state index in [9.17, 15) is 0 Å². The normalized spacial score (nSPS) is 27.1. The van der Waals surface area contributed by atoms with Gasteiger partial charge in [0, 0.05) is 56.0 Å². The van der Waals surface area contributed by atoms with Crippen LogP contribution >= 0.6 is 101 Å². The monoisotopic (exact) mass is 623 g/mol. The maximum absolute atomic E-state index is 5.80. The molecule has 3 aliphatic rings. The number of hydrogen-bond acceptors (Lipinski definition) is 15. The Hall–Kier alpha value is 2.13. The summed E-state index contributed by atoms with van der Waals surface area (Å²) in [6.07, 6.45) is 0.0336. The second-order valence-corrected chi connectivity index (χ2v) is 16.6. The van der Waals surface area contributed by atoms with Crippen molar-refractivity contribution in [2.24, 2.45) is 0 Å². The highest BCUT2D eigenvalue weighted by atomic mass is 33.1.